The summed E-state index contributed by atoms with van der Waals surface area (Å²) in [4.78, 5) is 0. The lowest BCUT2D eigenvalue weighted by Crippen LogP contribution is -2.01. The zero-order valence-electron chi connectivity index (χ0n) is 15.9. The van der Waals surface area contributed by atoms with Gasteiger partial charge in [0.15, 0.2) is 0 Å². The number of hydrogen-bond acceptors (Lipinski definition) is 1. The Morgan fingerprint density at radius 3 is 2.38 bits per heavy atom. The van der Waals surface area contributed by atoms with Gasteiger partial charge in [-0.2, -0.15) is 5.26 Å². The molecule has 3 aromatic carbocycles. The molecule has 4 heteroatoms. The first-order valence-corrected chi connectivity index (χ1v) is 10.0. The fourth-order valence-electron chi connectivity index (χ4n) is 3.61. The number of para-hydroxylation sites is 1. The normalized spacial score (nSPS) is 11.6. The summed E-state index contributed by atoms with van der Waals surface area (Å²) in [6, 6.07) is 25.9. The monoisotopic (exact) mass is 416 g/mol. The van der Waals surface area contributed by atoms with Crippen LogP contribution in [0.2, 0.25) is 10.0 Å². The summed E-state index contributed by atoms with van der Waals surface area (Å²) in [6.07, 6.45) is 1.94. The molecule has 0 fully saturated rings. The van der Waals surface area contributed by atoms with Gasteiger partial charge in [-0.25, -0.2) is 0 Å². The quantitative estimate of drug-likeness (QED) is 0.319. The van der Waals surface area contributed by atoms with E-state index in [-0.39, 0.29) is 0 Å². The van der Waals surface area contributed by atoms with Crippen LogP contribution in [0.1, 0.15) is 22.4 Å². The van der Waals surface area contributed by atoms with Crippen molar-refractivity contribution in [2.45, 2.75) is 13.5 Å². The summed E-state index contributed by atoms with van der Waals surface area (Å²) in [5, 5.41) is 12.2. The fraction of sp³-hybridized carbons (Fsp3) is 0.0800. The maximum absolute atomic E-state index is 9.80. The third kappa shape index (κ3) is 3.80. The molecular weight excluding hydrogens is 399 g/mol. The minimum absolute atomic E-state index is 0.549. The van der Waals surface area contributed by atoms with Crippen LogP contribution >= 0.6 is 23.2 Å². The number of allylic oxidation sites excluding steroid dienone is 1. The predicted molar refractivity (Wildman–Crippen MR) is 122 cm³/mol. The number of aromatic nitrogens is 1. The van der Waals surface area contributed by atoms with Gasteiger partial charge in [0.25, 0.3) is 0 Å². The van der Waals surface area contributed by atoms with E-state index in [1.807, 2.05) is 60.7 Å². The van der Waals surface area contributed by atoms with Gasteiger partial charge >= 0.3 is 0 Å². The minimum atomic E-state index is 0.549. The van der Waals surface area contributed by atoms with Gasteiger partial charge in [-0.3, -0.25) is 0 Å². The number of fused-ring (bicyclic) bond motifs is 1. The van der Waals surface area contributed by atoms with Crippen molar-refractivity contribution in [3.8, 4) is 6.07 Å². The summed E-state index contributed by atoms with van der Waals surface area (Å²) in [6.45, 7) is 2.81. The Morgan fingerprint density at radius 2 is 1.66 bits per heavy atom. The summed E-state index contributed by atoms with van der Waals surface area (Å²) in [5.41, 5.74) is 5.72. The van der Waals surface area contributed by atoms with Gasteiger partial charge in [0.05, 0.1) is 11.6 Å². The van der Waals surface area contributed by atoms with Crippen LogP contribution in [-0.2, 0) is 6.54 Å². The zero-order chi connectivity index (χ0) is 20.4. The van der Waals surface area contributed by atoms with Crippen molar-refractivity contribution in [3.05, 3.63) is 105 Å². The zero-order valence-corrected chi connectivity index (χ0v) is 17.4. The lowest BCUT2D eigenvalue weighted by atomic mass is 10.0. The van der Waals surface area contributed by atoms with Crippen LogP contribution in [0.3, 0.4) is 0 Å². The maximum atomic E-state index is 9.80. The highest BCUT2D eigenvalue weighted by Gasteiger charge is 2.15. The van der Waals surface area contributed by atoms with Crippen molar-refractivity contribution in [1.82, 2.24) is 4.57 Å². The summed E-state index contributed by atoms with van der Waals surface area (Å²) >= 11 is 12.4. The number of hydrogen-bond donors (Lipinski definition) is 0. The van der Waals surface area contributed by atoms with Gasteiger partial charge < -0.3 is 4.57 Å². The molecule has 0 radical (unpaired) electrons. The van der Waals surface area contributed by atoms with Crippen LogP contribution in [0, 0.1) is 18.3 Å². The average molecular weight is 417 g/mol. The standard InChI is InChI=1S/C25H18Cl2N2/c1-17-23(14-19(15-28)21-6-2-4-8-24(21)27)22-7-3-5-9-25(22)29(17)16-18-10-12-20(26)13-11-18/h2-14H,16H2,1H3. The van der Waals surface area contributed by atoms with E-state index in [4.69, 9.17) is 23.2 Å². The first-order valence-electron chi connectivity index (χ1n) is 9.27. The molecule has 0 unspecified atom stereocenters. The SMILES string of the molecule is Cc1c(C=C(C#N)c2ccccc2Cl)c2ccccc2n1Cc1ccc(Cl)cc1. The van der Waals surface area contributed by atoms with E-state index < -0.39 is 0 Å². The van der Waals surface area contributed by atoms with Crippen LogP contribution in [-0.4, -0.2) is 4.57 Å². The van der Waals surface area contributed by atoms with E-state index in [0.29, 0.717) is 10.6 Å². The van der Waals surface area contributed by atoms with E-state index in [1.165, 1.54) is 5.56 Å². The van der Waals surface area contributed by atoms with Crippen molar-refractivity contribution in [1.29, 1.82) is 5.26 Å². The smallest absolute Gasteiger partial charge is 0.0998 e. The van der Waals surface area contributed by atoms with Gasteiger partial charge in [-0.15, -0.1) is 0 Å². The lowest BCUT2D eigenvalue weighted by Gasteiger charge is -2.09. The van der Waals surface area contributed by atoms with Crippen LogP contribution in [0.15, 0.2) is 72.8 Å². The minimum Gasteiger partial charge on any atom is -0.340 e. The summed E-state index contributed by atoms with van der Waals surface area (Å²) in [5.74, 6) is 0. The Labute approximate surface area is 180 Å². The molecule has 0 N–H and O–H groups in total. The van der Waals surface area contributed by atoms with Crippen molar-refractivity contribution in [2.75, 3.05) is 0 Å². The Morgan fingerprint density at radius 1 is 0.966 bits per heavy atom. The van der Waals surface area contributed by atoms with E-state index in [1.54, 1.807) is 6.07 Å². The van der Waals surface area contributed by atoms with Crippen molar-refractivity contribution >= 4 is 45.8 Å². The van der Waals surface area contributed by atoms with Crippen LogP contribution in [0.4, 0.5) is 0 Å². The van der Waals surface area contributed by atoms with E-state index in [9.17, 15) is 5.26 Å². The molecule has 0 aliphatic rings. The molecule has 0 aliphatic carbocycles. The van der Waals surface area contributed by atoms with Crippen LogP contribution < -0.4 is 0 Å². The molecule has 0 bridgehead atoms. The van der Waals surface area contributed by atoms with Gasteiger partial charge in [-0.05, 0) is 42.8 Å². The first-order chi connectivity index (χ1) is 14.1. The molecule has 0 spiro atoms. The van der Waals surface area contributed by atoms with E-state index in [0.717, 1.165) is 39.3 Å². The Hall–Kier alpha value is -2.99. The highest BCUT2D eigenvalue weighted by molar-refractivity contribution is 6.32. The fourth-order valence-corrected chi connectivity index (χ4v) is 3.97. The molecule has 4 aromatic rings. The van der Waals surface area contributed by atoms with Crippen molar-refractivity contribution in [3.63, 3.8) is 0 Å². The summed E-state index contributed by atoms with van der Waals surface area (Å²) < 4.78 is 2.27. The second kappa shape index (κ2) is 8.17. The average Bonchev–Trinajstić information content (AvgIpc) is 3.00. The first kappa shape index (κ1) is 19.3. The molecule has 29 heavy (non-hydrogen) atoms. The molecule has 142 valence electrons. The number of rotatable bonds is 4. The third-order valence-electron chi connectivity index (χ3n) is 5.11. The van der Waals surface area contributed by atoms with Crippen LogP contribution in [0.5, 0.6) is 0 Å². The Kier molecular flexibility index (Phi) is 5.45. The highest BCUT2D eigenvalue weighted by Crippen LogP contribution is 2.32. The molecule has 0 saturated carbocycles. The highest BCUT2D eigenvalue weighted by atomic mass is 35.5. The van der Waals surface area contributed by atoms with Gasteiger partial charge in [0.1, 0.15) is 0 Å². The lowest BCUT2D eigenvalue weighted by molar-refractivity contribution is 0.804. The van der Waals surface area contributed by atoms with Crippen molar-refractivity contribution in [2.24, 2.45) is 0 Å². The third-order valence-corrected chi connectivity index (χ3v) is 5.69. The molecule has 0 atom stereocenters. The van der Waals surface area contributed by atoms with E-state index in [2.05, 4.69) is 29.7 Å². The van der Waals surface area contributed by atoms with E-state index >= 15 is 0 Å². The number of benzene rings is 3. The second-order valence-electron chi connectivity index (χ2n) is 6.88. The number of nitriles is 1. The number of halogens is 2. The molecule has 0 amide bonds. The second-order valence-corrected chi connectivity index (χ2v) is 7.72. The maximum Gasteiger partial charge on any atom is 0.0998 e. The predicted octanol–water partition coefficient (Wildman–Crippen LogP) is 7.37. The van der Waals surface area contributed by atoms with Crippen molar-refractivity contribution < 1.29 is 0 Å². The molecule has 2 nitrogen and oxygen atoms in total. The Balaban J connectivity index is 1.87. The molecule has 4 rings (SSSR count). The van der Waals surface area contributed by atoms with Gasteiger partial charge in [0.2, 0.25) is 0 Å². The summed E-state index contributed by atoms with van der Waals surface area (Å²) in [7, 11) is 0. The van der Waals surface area contributed by atoms with Crippen LogP contribution in [0.25, 0.3) is 22.6 Å². The van der Waals surface area contributed by atoms with Gasteiger partial charge in [-0.1, -0.05) is 71.7 Å². The molecular formula is C25H18Cl2N2. The topological polar surface area (TPSA) is 28.7 Å². The molecule has 1 aromatic heterocycles. The molecule has 0 saturated heterocycles. The number of nitrogens with zero attached hydrogens (tertiary/aromatic N) is 2. The molecule has 1 heterocycles. The Bertz CT molecular complexity index is 1260. The largest absolute Gasteiger partial charge is 0.340 e. The van der Waals surface area contributed by atoms with Gasteiger partial charge in [0, 0.05) is 44.3 Å². The molecule has 0 aliphatic heterocycles.